The molecule has 14 heavy (non-hydrogen) atoms. The first-order valence-corrected chi connectivity index (χ1v) is 4.65. The molecule has 0 atom stereocenters. The number of amides is 1. The van der Waals surface area contributed by atoms with E-state index in [0.717, 1.165) is 13.0 Å². The summed E-state index contributed by atoms with van der Waals surface area (Å²) >= 11 is 0. The van der Waals surface area contributed by atoms with Gasteiger partial charge in [0.2, 0.25) is 11.9 Å². The summed E-state index contributed by atoms with van der Waals surface area (Å²) in [4.78, 5) is 10.5. The average Bonchev–Trinajstić information content (AvgIpc) is 1.95. The minimum atomic E-state index is -0.219. The van der Waals surface area contributed by atoms with E-state index in [4.69, 9.17) is 5.73 Å². The van der Waals surface area contributed by atoms with Crippen molar-refractivity contribution in [3.63, 3.8) is 0 Å². The van der Waals surface area contributed by atoms with Crippen LogP contribution in [-0.2, 0) is 4.79 Å². The first-order valence-electron chi connectivity index (χ1n) is 4.65. The van der Waals surface area contributed by atoms with E-state index in [2.05, 4.69) is 36.6 Å². The van der Waals surface area contributed by atoms with Crippen LogP contribution in [0.1, 0.15) is 34.1 Å². The molecule has 0 fully saturated rings. The molecule has 0 aliphatic carbocycles. The van der Waals surface area contributed by atoms with E-state index in [1.807, 2.05) is 0 Å². The molecule has 0 saturated heterocycles. The van der Waals surface area contributed by atoms with Crippen molar-refractivity contribution in [3.05, 3.63) is 0 Å². The zero-order valence-corrected chi connectivity index (χ0v) is 9.35. The average molecular weight is 200 g/mol. The van der Waals surface area contributed by atoms with E-state index in [1.54, 1.807) is 0 Å². The summed E-state index contributed by atoms with van der Waals surface area (Å²) in [6.07, 6.45) is 0.990. The molecule has 4 N–H and O–H groups in total. The Labute approximate surface area is 85.1 Å². The third-order valence-corrected chi connectivity index (χ3v) is 1.49. The van der Waals surface area contributed by atoms with E-state index >= 15 is 0 Å². The van der Waals surface area contributed by atoms with Crippen LogP contribution in [-0.4, -0.2) is 18.4 Å². The molecule has 0 heterocycles. The third-order valence-electron chi connectivity index (χ3n) is 1.49. The number of hydrazone groups is 1. The maximum atomic E-state index is 10.5. The smallest absolute Gasteiger partial charge is 0.223 e. The van der Waals surface area contributed by atoms with Gasteiger partial charge >= 0.3 is 0 Å². The Hall–Kier alpha value is -1.26. The van der Waals surface area contributed by atoms with Crippen LogP contribution in [0.25, 0.3) is 0 Å². The quantitative estimate of drug-likeness (QED) is 0.267. The SMILES string of the molecule is CC(=O)N/C(N)=N\NCCC(C)(C)C. The summed E-state index contributed by atoms with van der Waals surface area (Å²) < 4.78 is 0. The molecule has 0 aliphatic heterocycles. The van der Waals surface area contributed by atoms with E-state index in [0.29, 0.717) is 0 Å². The van der Waals surface area contributed by atoms with Crippen molar-refractivity contribution in [1.82, 2.24) is 10.7 Å². The Morgan fingerprint density at radius 3 is 2.43 bits per heavy atom. The van der Waals surface area contributed by atoms with Gasteiger partial charge in [0.05, 0.1) is 0 Å². The monoisotopic (exact) mass is 200 g/mol. The highest BCUT2D eigenvalue weighted by atomic mass is 16.1. The van der Waals surface area contributed by atoms with Crippen molar-refractivity contribution in [2.75, 3.05) is 6.54 Å². The number of carbonyl (C=O) groups excluding carboxylic acids is 1. The van der Waals surface area contributed by atoms with Crippen molar-refractivity contribution >= 4 is 11.9 Å². The standard InChI is InChI=1S/C9H20N4O/c1-7(14)12-8(10)13-11-6-5-9(2,3)4/h11H,5-6H2,1-4H3,(H3,10,12,13,14). The lowest BCUT2D eigenvalue weighted by Gasteiger charge is -2.17. The van der Waals surface area contributed by atoms with E-state index in [-0.39, 0.29) is 17.3 Å². The fraction of sp³-hybridized carbons (Fsp3) is 0.778. The molecule has 0 saturated carbocycles. The summed E-state index contributed by atoms with van der Waals surface area (Å²) in [7, 11) is 0. The second kappa shape index (κ2) is 5.47. The number of guanidine groups is 1. The predicted octanol–water partition coefficient (Wildman–Crippen LogP) is 0.378. The zero-order valence-electron chi connectivity index (χ0n) is 9.35. The first kappa shape index (κ1) is 12.7. The van der Waals surface area contributed by atoms with Gasteiger partial charge in [-0.2, -0.15) is 0 Å². The van der Waals surface area contributed by atoms with Crippen molar-refractivity contribution in [2.24, 2.45) is 16.3 Å². The van der Waals surface area contributed by atoms with Crippen LogP contribution in [0.4, 0.5) is 0 Å². The highest BCUT2D eigenvalue weighted by Gasteiger charge is 2.08. The van der Waals surface area contributed by atoms with Gasteiger partial charge in [0, 0.05) is 13.5 Å². The third kappa shape index (κ3) is 8.83. The number of rotatable bonds is 3. The van der Waals surface area contributed by atoms with Gasteiger partial charge in [-0.3, -0.25) is 10.1 Å². The zero-order chi connectivity index (χ0) is 11.2. The van der Waals surface area contributed by atoms with E-state index in [1.165, 1.54) is 6.92 Å². The minimum Gasteiger partial charge on any atom is -0.368 e. The molecule has 5 heteroatoms. The number of nitrogens with two attached hydrogens (primary N) is 1. The second-order valence-electron chi connectivity index (χ2n) is 4.40. The number of hydrogen-bond acceptors (Lipinski definition) is 3. The molecule has 0 radical (unpaired) electrons. The molecular formula is C9H20N4O. The lowest BCUT2D eigenvalue weighted by molar-refractivity contribution is -0.117. The fourth-order valence-corrected chi connectivity index (χ4v) is 0.780. The molecule has 0 rings (SSSR count). The summed E-state index contributed by atoms with van der Waals surface area (Å²) in [5.74, 6) is -0.115. The van der Waals surface area contributed by atoms with E-state index in [9.17, 15) is 4.79 Å². The summed E-state index contributed by atoms with van der Waals surface area (Å²) in [5, 5.41) is 6.15. The minimum absolute atomic E-state index is 0.103. The maximum absolute atomic E-state index is 10.5. The summed E-state index contributed by atoms with van der Waals surface area (Å²) in [6.45, 7) is 8.57. The summed E-state index contributed by atoms with van der Waals surface area (Å²) in [6, 6.07) is 0. The van der Waals surface area contributed by atoms with E-state index < -0.39 is 0 Å². The Balaban J connectivity index is 3.66. The highest BCUT2D eigenvalue weighted by molar-refractivity contribution is 5.94. The normalized spacial score (nSPS) is 12.4. The van der Waals surface area contributed by atoms with Crippen molar-refractivity contribution in [3.8, 4) is 0 Å². The van der Waals surface area contributed by atoms with Crippen LogP contribution in [0.3, 0.4) is 0 Å². The van der Waals surface area contributed by atoms with Crippen LogP contribution >= 0.6 is 0 Å². The fourth-order valence-electron chi connectivity index (χ4n) is 0.780. The van der Waals surface area contributed by atoms with Gasteiger partial charge in [-0.05, 0) is 11.8 Å². The van der Waals surface area contributed by atoms with Gasteiger partial charge < -0.3 is 11.2 Å². The number of nitrogens with one attached hydrogen (secondary N) is 2. The topological polar surface area (TPSA) is 79.5 Å². The lowest BCUT2D eigenvalue weighted by Crippen LogP contribution is -2.37. The van der Waals surface area contributed by atoms with Crippen molar-refractivity contribution in [2.45, 2.75) is 34.1 Å². The van der Waals surface area contributed by atoms with Gasteiger partial charge in [0.25, 0.3) is 0 Å². The van der Waals surface area contributed by atoms with Gasteiger partial charge in [0.1, 0.15) is 0 Å². The van der Waals surface area contributed by atoms with Gasteiger partial charge in [-0.15, -0.1) is 5.10 Å². The molecule has 0 aromatic carbocycles. The lowest BCUT2D eigenvalue weighted by atomic mass is 9.93. The summed E-state index contributed by atoms with van der Waals surface area (Å²) in [5.41, 5.74) is 8.44. The molecule has 0 aliphatic rings. The Morgan fingerprint density at radius 2 is 2.00 bits per heavy atom. The number of hydrogen-bond donors (Lipinski definition) is 3. The van der Waals surface area contributed by atoms with Crippen LogP contribution in [0.2, 0.25) is 0 Å². The molecule has 0 aromatic rings. The van der Waals surface area contributed by atoms with Gasteiger partial charge in [0.15, 0.2) is 0 Å². The highest BCUT2D eigenvalue weighted by Crippen LogP contribution is 2.16. The van der Waals surface area contributed by atoms with Crippen LogP contribution < -0.4 is 16.5 Å². The molecule has 5 nitrogen and oxygen atoms in total. The Bertz CT molecular complexity index is 217. The van der Waals surface area contributed by atoms with Crippen molar-refractivity contribution in [1.29, 1.82) is 0 Å². The molecular weight excluding hydrogens is 180 g/mol. The number of carbonyl (C=O) groups is 1. The molecule has 0 bridgehead atoms. The Morgan fingerprint density at radius 1 is 1.43 bits per heavy atom. The van der Waals surface area contributed by atoms with Crippen LogP contribution in [0, 0.1) is 5.41 Å². The van der Waals surface area contributed by atoms with Gasteiger partial charge in [-0.1, -0.05) is 20.8 Å². The van der Waals surface area contributed by atoms with Crippen LogP contribution in [0.5, 0.6) is 0 Å². The molecule has 82 valence electrons. The number of nitrogens with zero attached hydrogens (tertiary/aromatic N) is 1. The predicted molar refractivity (Wildman–Crippen MR) is 57.5 cm³/mol. The molecule has 0 spiro atoms. The Kier molecular flexibility index (Phi) is 4.97. The van der Waals surface area contributed by atoms with Crippen LogP contribution in [0.15, 0.2) is 5.10 Å². The van der Waals surface area contributed by atoms with Gasteiger partial charge in [-0.25, -0.2) is 0 Å². The molecule has 0 unspecified atom stereocenters. The largest absolute Gasteiger partial charge is 0.368 e. The second-order valence-corrected chi connectivity index (χ2v) is 4.40. The molecule has 1 amide bonds. The maximum Gasteiger partial charge on any atom is 0.223 e. The first-order chi connectivity index (χ1) is 6.31. The molecule has 0 aromatic heterocycles. The van der Waals surface area contributed by atoms with Crippen molar-refractivity contribution < 1.29 is 4.79 Å².